The third-order valence-electron chi connectivity index (χ3n) is 1.77. The molecule has 1 heterocycles. The van der Waals surface area contributed by atoms with Crippen molar-refractivity contribution in [1.82, 2.24) is 4.98 Å². The summed E-state index contributed by atoms with van der Waals surface area (Å²) >= 11 is 0. The number of benzene rings is 1. The smallest absolute Gasteiger partial charge is 0.399 e. The van der Waals surface area contributed by atoms with Crippen molar-refractivity contribution >= 4 is 11.1 Å². The van der Waals surface area contributed by atoms with E-state index < -0.39 is 19.3 Å². The molecule has 0 aliphatic carbocycles. The molecule has 2 rings (SSSR count). The van der Waals surface area contributed by atoms with Crippen LogP contribution in [0, 0.1) is 0 Å². The SMILES string of the molecule is FC(F)Oc1nc2cccc(OC(F)F)c2o1. The van der Waals surface area contributed by atoms with Gasteiger partial charge in [0, 0.05) is 0 Å². The van der Waals surface area contributed by atoms with Crippen molar-refractivity contribution in [2.24, 2.45) is 0 Å². The van der Waals surface area contributed by atoms with E-state index >= 15 is 0 Å². The van der Waals surface area contributed by atoms with Crippen LogP contribution in [0.15, 0.2) is 22.6 Å². The Morgan fingerprint density at radius 2 is 1.76 bits per heavy atom. The molecule has 0 atom stereocenters. The molecule has 4 nitrogen and oxygen atoms in total. The third-order valence-corrected chi connectivity index (χ3v) is 1.77. The summed E-state index contributed by atoms with van der Waals surface area (Å²) in [7, 11) is 0. The Hall–Kier alpha value is -1.99. The first kappa shape index (κ1) is 11.5. The summed E-state index contributed by atoms with van der Waals surface area (Å²) in [5, 5.41) is 0. The number of aromatic nitrogens is 1. The molecule has 1 aromatic heterocycles. The lowest BCUT2D eigenvalue weighted by Gasteiger charge is -2.02. The molecular formula is C9H5F4NO3. The number of alkyl halides is 4. The fourth-order valence-corrected chi connectivity index (χ4v) is 1.22. The van der Waals surface area contributed by atoms with Gasteiger partial charge in [0.05, 0.1) is 0 Å². The van der Waals surface area contributed by atoms with Gasteiger partial charge in [-0.1, -0.05) is 6.07 Å². The van der Waals surface area contributed by atoms with E-state index in [1.807, 2.05) is 0 Å². The van der Waals surface area contributed by atoms with Gasteiger partial charge >= 0.3 is 19.3 Å². The van der Waals surface area contributed by atoms with E-state index in [2.05, 4.69) is 14.5 Å². The molecule has 0 N–H and O–H groups in total. The Morgan fingerprint density at radius 3 is 2.41 bits per heavy atom. The van der Waals surface area contributed by atoms with Crippen molar-refractivity contribution < 1.29 is 31.5 Å². The van der Waals surface area contributed by atoms with Gasteiger partial charge in [-0.25, -0.2) is 0 Å². The Bertz CT molecular complexity index is 514. The molecular weight excluding hydrogens is 246 g/mol. The van der Waals surface area contributed by atoms with Crippen molar-refractivity contribution in [1.29, 1.82) is 0 Å². The summed E-state index contributed by atoms with van der Waals surface area (Å²) < 4.78 is 60.6. The second-order valence-corrected chi connectivity index (χ2v) is 2.84. The molecule has 1 aromatic carbocycles. The Morgan fingerprint density at radius 1 is 1.06 bits per heavy atom. The monoisotopic (exact) mass is 251 g/mol. The van der Waals surface area contributed by atoms with E-state index in [1.165, 1.54) is 18.2 Å². The number of ether oxygens (including phenoxy) is 2. The van der Waals surface area contributed by atoms with Crippen LogP contribution < -0.4 is 9.47 Å². The fraction of sp³-hybridized carbons (Fsp3) is 0.222. The van der Waals surface area contributed by atoms with Gasteiger partial charge in [0.15, 0.2) is 5.75 Å². The predicted molar refractivity (Wildman–Crippen MR) is 47.3 cm³/mol. The lowest BCUT2D eigenvalue weighted by Crippen LogP contribution is -2.02. The summed E-state index contributed by atoms with van der Waals surface area (Å²) in [6, 6.07) is 3.95. The molecule has 92 valence electrons. The molecule has 0 aliphatic rings. The average Bonchev–Trinajstić information content (AvgIpc) is 2.59. The number of fused-ring (bicyclic) bond motifs is 1. The topological polar surface area (TPSA) is 44.5 Å². The van der Waals surface area contributed by atoms with Gasteiger partial charge < -0.3 is 13.9 Å². The molecule has 0 fully saturated rings. The van der Waals surface area contributed by atoms with Gasteiger partial charge in [0.25, 0.3) is 0 Å². The first-order valence-corrected chi connectivity index (χ1v) is 4.35. The second-order valence-electron chi connectivity index (χ2n) is 2.84. The Balaban J connectivity index is 2.38. The standard InChI is InChI=1S/C9H5F4NO3/c10-7(11)15-5-3-1-2-4-6(5)16-9(14-4)17-8(12)13/h1-3,7-8H. The van der Waals surface area contributed by atoms with Crippen molar-refractivity contribution in [2.75, 3.05) is 0 Å². The van der Waals surface area contributed by atoms with Crippen molar-refractivity contribution in [3.8, 4) is 11.8 Å². The molecule has 8 heteroatoms. The summed E-state index contributed by atoms with van der Waals surface area (Å²) in [6.07, 6.45) is -0.708. The molecule has 0 amide bonds. The highest BCUT2D eigenvalue weighted by atomic mass is 19.3. The maximum absolute atomic E-state index is 12.0. The zero-order valence-electron chi connectivity index (χ0n) is 8.07. The lowest BCUT2D eigenvalue weighted by atomic mass is 10.3. The van der Waals surface area contributed by atoms with Crippen LogP contribution in [0.1, 0.15) is 0 Å². The zero-order chi connectivity index (χ0) is 12.4. The largest absolute Gasteiger partial charge is 0.431 e. The molecule has 0 radical (unpaired) electrons. The highest BCUT2D eigenvalue weighted by Crippen LogP contribution is 2.30. The van der Waals surface area contributed by atoms with Crippen molar-refractivity contribution in [2.45, 2.75) is 13.2 Å². The number of halogens is 4. The highest BCUT2D eigenvalue weighted by molar-refractivity contribution is 5.79. The van der Waals surface area contributed by atoms with Crippen LogP contribution in [-0.4, -0.2) is 18.2 Å². The predicted octanol–water partition coefficient (Wildman–Crippen LogP) is 3.03. The highest BCUT2D eigenvalue weighted by Gasteiger charge is 2.16. The van der Waals surface area contributed by atoms with Crippen LogP contribution >= 0.6 is 0 Å². The Kier molecular flexibility index (Phi) is 3.03. The number of hydrogen-bond acceptors (Lipinski definition) is 4. The van der Waals surface area contributed by atoms with E-state index in [9.17, 15) is 17.6 Å². The third kappa shape index (κ3) is 2.58. The van der Waals surface area contributed by atoms with Crippen LogP contribution in [0.5, 0.6) is 11.8 Å². The van der Waals surface area contributed by atoms with E-state index in [-0.39, 0.29) is 16.8 Å². The first-order valence-electron chi connectivity index (χ1n) is 4.35. The van der Waals surface area contributed by atoms with Crippen LogP contribution in [-0.2, 0) is 0 Å². The van der Waals surface area contributed by atoms with Crippen LogP contribution in [0.3, 0.4) is 0 Å². The molecule has 0 bridgehead atoms. The number of rotatable bonds is 4. The van der Waals surface area contributed by atoms with E-state index in [4.69, 9.17) is 4.42 Å². The number of nitrogens with zero attached hydrogens (tertiary/aromatic N) is 1. The van der Waals surface area contributed by atoms with E-state index in [1.54, 1.807) is 0 Å². The minimum absolute atomic E-state index is 0.0822. The average molecular weight is 251 g/mol. The number of hydrogen-bond donors (Lipinski definition) is 0. The van der Waals surface area contributed by atoms with Crippen LogP contribution in [0.2, 0.25) is 0 Å². The quantitative estimate of drug-likeness (QED) is 0.783. The normalized spacial score (nSPS) is 11.4. The van der Waals surface area contributed by atoms with Gasteiger partial charge in [0.1, 0.15) is 5.52 Å². The van der Waals surface area contributed by atoms with Gasteiger partial charge in [0.2, 0.25) is 5.58 Å². The van der Waals surface area contributed by atoms with Crippen LogP contribution in [0.25, 0.3) is 11.1 Å². The van der Waals surface area contributed by atoms with Gasteiger partial charge in [-0.3, -0.25) is 0 Å². The fourth-order valence-electron chi connectivity index (χ4n) is 1.22. The zero-order valence-corrected chi connectivity index (χ0v) is 8.07. The molecule has 0 aliphatic heterocycles. The summed E-state index contributed by atoms with van der Waals surface area (Å²) in [5.41, 5.74) is -0.0951. The molecule has 0 spiro atoms. The minimum atomic E-state index is -3.11. The number of oxazole rings is 1. The maximum atomic E-state index is 12.0. The van der Waals surface area contributed by atoms with Gasteiger partial charge in [-0.2, -0.15) is 22.5 Å². The lowest BCUT2D eigenvalue weighted by molar-refractivity contribution is -0.0673. The van der Waals surface area contributed by atoms with Crippen molar-refractivity contribution in [3.63, 3.8) is 0 Å². The van der Waals surface area contributed by atoms with Crippen molar-refractivity contribution in [3.05, 3.63) is 18.2 Å². The summed E-state index contributed by atoms with van der Waals surface area (Å²) in [6.45, 7) is -6.16. The maximum Gasteiger partial charge on any atom is 0.399 e. The molecule has 2 aromatic rings. The molecule has 0 saturated carbocycles. The molecule has 0 saturated heterocycles. The summed E-state index contributed by atoms with van der Waals surface area (Å²) in [5.74, 6) is -0.297. The van der Waals surface area contributed by atoms with E-state index in [0.29, 0.717) is 0 Å². The minimum Gasteiger partial charge on any atom is -0.431 e. The molecule has 17 heavy (non-hydrogen) atoms. The van der Waals surface area contributed by atoms with Gasteiger partial charge in [-0.05, 0) is 12.1 Å². The van der Waals surface area contributed by atoms with Crippen LogP contribution in [0.4, 0.5) is 17.6 Å². The van der Waals surface area contributed by atoms with E-state index in [0.717, 1.165) is 0 Å². The molecule has 0 unspecified atom stereocenters. The number of para-hydroxylation sites is 1. The summed E-state index contributed by atoms with van der Waals surface area (Å²) in [4.78, 5) is 3.53. The first-order chi connectivity index (χ1) is 8.06. The second kappa shape index (κ2) is 4.48. The van der Waals surface area contributed by atoms with Gasteiger partial charge in [-0.15, -0.1) is 0 Å². The Labute approximate surface area is 91.7 Å².